The number of carbonyl (C=O) groups is 1. The summed E-state index contributed by atoms with van der Waals surface area (Å²) in [6, 6.07) is 18.2. The fraction of sp³-hybridized carbons (Fsp3) is 0.182. The van der Waals surface area contributed by atoms with Gasteiger partial charge in [0.1, 0.15) is 0 Å². The summed E-state index contributed by atoms with van der Waals surface area (Å²) in [4.78, 5) is 16.6. The third-order valence-corrected chi connectivity index (χ3v) is 4.61. The molecule has 0 aliphatic carbocycles. The van der Waals surface area contributed by atoms with Crippen molar-refractivity contribution in [3.05, 3.63) is 77.2 Å². The molecule has 1 N–H and O–H groups in total. The number of amides is 1. The van der Waals surface area contributed by atoms with E-state index in [-0.39, 0.29) is 5.91 Å². The van der Waals surface area contributed by atoms with E-state index < -0.39 is 0 Å². The highest BCUT2D eigenvalue weighted by molar-refractivity contribution is 7.14. The molecule has 0 atom stereocenters. The van der Waals surface area contributed by atoms with Crippen LogP contribution in [0.15, 0.2) is 66.1 Å². The second-order valence-electron chi connectivity index (χ2n) is 6.57. The van der Waals surface area contributed by atoms with Gasteiger partial charge >= 0.3 is 0 Å². The molecule has 3 rings (SSSR count). The van der Waals surface area contributed by atoms with Gasteiger partial charge in [0.05, 0.1) is 5.69 Å². The second-order valence-corrected chi connectivity index (χ2v) is 7.42. The van der Waals surface area contributed by atoms with Crippen molar-refractivity contribution >= 4 is 28.5 Å². The maximum atomic E-state index is 12.0. The molecule has 0 spiro atoms. The zero-order chi connectivity index (χ0) is 18.4. The van der Waals surface area contributed by atoms with Gasteiger partial charge in [-0.3, -0.25) is 10.1 Å². The molecule has 2 aromatic carbocycles. The molecule has 0 bridgehead atoms. The lowest BCUT2D eigenvalue weighted by Gasteiger charge is -2.05. The monoisotopic (exact) mass is 362 g/mol. The van der Waals surface area contributed by atoms with Gasteiger partial charge in [0.25, 0.3) is 0 Å². The lowest BCUT2D eigenvalue weighted by atomic mass is 10.0. The molecule has 0 saturated carbocycles. The van der Waals surface area contributed by atoms with E-state index in [9.17, 15) is 4.79 Å². The minimum absolute atomic E-state index is 0.179. The zero-order valence-electron chi connectivity index (χ0n) is 15.0. The Morgan fingerprint density at radius 1 is 1.12 bits per heavy atom. The van der Waals surface area contributed by atoms with Gasteiger partial charge in [0, 0.05) is 17.0 Å². The van der Waals surface area contributed by atoms with Crippen LogP contribution in [0.25, 0.3) is 17.3 Å². The maximum absolute atomic E-state index is 12.0. The van der Waals surface area contributed by atoms with Crippen LogP contribution in [0, 0.1) is 5.92 Å². The Bertz CT molecular complexity index is 880. The van der Waals surface area contributed by atoms with Crippen LogP contribution in [0.2, 0.25) is 0 Å². The highest BCUT2D eigenvalue weighted by Gasteiger charge is 2.07. The van der Waals surface area contributed by atoms with E-state index in [0.29, 0.717) is 11.0 Å². The van der Waals surface area contributed by atoms with Crippen molar-refractivity contribution in [3.8, 4) is 11.3 Å². The first-order chi connectivity index (χ1) is 12.6. The molecule has 3 nitrogen and oxygen atoms in total. The minimum Gasteiger partial charge on any atom is -0.298 e. The van der Waals surface area contributed by atoms with Crippen molar-refractivity contribution in [2.24, 2.45) is 5.92 Å². The SMILES string of the molecule is CC(C)Cc1ccc(-c2csc(NC(=O)/C=C/c3ccccc3)n2)cc1. The molecule has 0 aliphatic heterocycles. The largest absolute Gasteiger partial charge is 0.298 e. The topological polar surface area (TPSA) is 42.0 Å². The van der Waals surface area contributed by atoms with Crippen LogP contribution in [0.3, 0.4) is 0 Å². The van der Waals surface area contributed by atoms with Gasteiger partial charge < -0.3 is 0 Å². The highest BCUT2D eigenvalue weighted by Crippen LogP contribution is 2.25. The Morgan fingerprint density at radius 2 is 1.85 bits per heavy atom. The maximum Gasteiger partial charge on any atom is 0.250 e. The van der Waals surface area contributed by atoms with Crippen LogP contribution in [-0.2, 0) is 11.2 Å². The zero-order valence-corrected chi connectivity index (χ0v) is 15.8. The van der Waals surface area contributed by atoms with Gasteiger partial charge in [-0.2, -0.15) is 0 Å². The molecular weight excluding hydrogens is 340 g/mol. The number of benzene rings is 2. The van der Waals surface area contributed by atoms with Crippen LogP contribution in [0.1, 0.15) is 25.0 Å². The normalized spacial score (nSPS) is 11.2. The van der Waals surface area contributed by atoms with Crippen molar-refractivity contribution in [1.82, 2.24) is 4.98 Å². The van der Waals surface area contributed by atoms with E-state index in [4.69, 9.17) is 0 Å². The van der Waals surface area contributed by atoms with Crippen LogP contribution in [0.5, 0.6) is 0 Å². The second kappa shape index (κ2) is 8.59. The third kappa shape index (κ3) is 5.14. The lowest BCUT2D eigenvalue weighted by molar-refractivity contribution is -0.111. The average molecular weight is 362 g/mol. The molecule has 0 saturated heterocycles. The number of anilines is 1. The Hall–Kier alpha value is -2.72. The Morgan fingerprint density at radius 3 is 2.54 bits per heavy atom. The molecule has 132 valence electrons. The van der Waals surface area contributed by atoms with Crippen LogP contribution >= 0.6 is 11.3 Å². The van der Waals surface area contributed by atoms with E-state index in [1.54, 1.807) is 6.08 Å². The molecule has 4 heteroatoms. The number of aromatic nitrogens is 1. The summed E-state index contributed by atoms with van der Waals surface area (Å²) in [5.74, 6) is 0.466. The molecule has 1 aromatic heterocycles. The third-order valence-electron chi connectivity index (χ3n) is 3.85. The summed E-state index contributed by atoms with van der Waals surface area (Å²) >= 11 is 1.43. The van der Waals surface area contributed by atoms with E-state index in [2.05, 4.69) is 48.4 Å². The number of nitrogens with one attached hydrogen (secondary N) is 1. The fourth-order valence-corrected chi connectivity index (χ4v) is 3.35. The molecule has 3 aromatic rings. The summed E-state index contributed by atoms with van der Waals surface area (Å²) < 4.78 is 0. The summed E-state index contributed by atoms with van der Waals surface area (Å²) in [5.41, 5.74) is 4.27. The van der Waals surface area contributed by atoms with Crippen molar-refractivity contribution in [1.29, 1.82) is 0 Å². The van der Waals surface area contributed by atoms with Gasteiger partial charge in [-0.15, -0.1) is 11.3 Å². The van der Waals surface area contributed by atoms with Crippen LogP contribution < -0.4 is 5.32 Å². The molecule has 0 radical (unpaired) electrons. The summed E-state index contributed by atoms with van der Waals surface area (Å²) in [6.45, 7) is 4.44. The first-order valence-corrected chi connectivity index (χ1v) is 9.57. The Labute approximate surface area is 158 Å². The molecule has 0 unspecified atom stereocenters. The van der Waals surface area contributed by atoms with Crippen molar-refractivity contribution in [2.45, 2.75) is 20.3 Å². The number of rotatable bonds is 6. The molecule has 0 aliphatic rings. The number of carbonyl (C=O) groups excluding carboxylic acids is 1. The number of hydrogen-bond acceptors (Lipinski definition) is 3. The molecule has 1 amide bonds. The van der Waals surface area contributed by atoms with E-state index in [1.165, 1.54) is 23.0 Å². The van der Waals surface area contributed by atoms with Crippen molar-refractivity contribution in [3.63, 3.8) is 0 Å². The van der Waals surface area contributed by atoms with E-state index in [0.717, 1.165) is 23.2 Å². The van der Waals surface area contributed by atoms with Crippen LogP contribution in [0.4, 0.5) is 5.13 Å². The van der Waals surface area contributed by atoms with Crippen molar-refractivity contribution < 1.29 is 4.79 Å². The highest BCUT2D eigenvalue weighted by atomic mass is 32.1. The number of thiazole rings is 1. The predicted molar refractivity (Wildman–Crippen MR) is 110 cm³/mol. The quantitative estimate of drug-likeness (QED) is 0.575. The van der Waals surface area contributed by atoms with Gasteiger partial charge in [0.15, 0.2) is 5.13 Å². The minimum atomic E-state index is -0.179. The molecular formula is C22H22N2OS. The summed E-state index contributed by atoms with van der Waals surface area (Å²) in [5, 5.41) is 5.39. The van der Waals surface area contributed by atoms with E-state index in [1.807, 2.05) is 35.7 Å². The number of nitrogens with zero attached hydrogens (tertiary/aromatic N) is 1. The van der Waals surface area contributed by atoms with Gasteiger partial charge in [-0.1, -0.05) is 68.4 Å². The Kier molecular flexibility index (Phi) is 5.97. The van der Waals surface area contributed by atoms with Gasteiger partial charge in [-0.05, 0) is 29.5 Å². The first kappa shape index (κ1) is 18.1. The Balaban J connectivity index is 1.62. The standard InChI is InChI=1S/C22H22N2OS/c1-16(2)14-18-8-11-19(12-9-18)20-15-26-22(23-20)24-21(25)13-10-17-6-4-3-5-7-17/h3-13,15-16H,14H2,1-2H3,(H,23,24,25)/b13-10+. The average Bonchev–Trinajstić information content (AvgIpc) is 3.09. The predicted octanol–water partition coefficient (Wildman–Crippen LogP) is 5.66. The van der Waals surface area contributed by atoms with Crippen LogP contribution in [-0.4, -0.2) is 10.9 Å². The first-order valence-electron chi connectivity index (χ1n) is 8.69. The number of hydrogen-bond donors (Lipinski definition) is 1. The molecule has 1 heterocycles. The van der Waals surface area contributed by atoms with Gasteiger partial charge in [-0.25, -0.2) is 4.98 Å². The molecule has 0 fully saturated rings. The molecule has 26 heavy (non-hydrogen) atoms. The fourth-order valence-electron chi connectivity index (χ4n) is 2.63. The van der Waals surface area contributed by atoms with Crippen molar-refractivity contribution in [2.75, 3.05) is 5.32 Å². The summed E-state index contributed by atoms with van der Waals surface area (Å²) in [7, 11) is 0. The summed E-state index contributed by atoms with van der Waals surface area (Å²) in [6.07, 6.45) is 4.39. The smallest absolute Gasteiger partial charge is 0.250 e. The van der Waals surface area contributed by atoms with E-state index >= 15 is 0 Å². The van der Waals surface area contributed by atoms with Gasteiger partial charge in [0.2, 0.25) is 5.91 Å². The lowest BCUT2D eigenvalue weighted by Crippen LogP contribution is -2.07.